The molecule has 156 valence electrons. The summed E-state index contributed by atoms with van der Waals surface area (Å²) in [7, 11) is 0. The van der Waals surface area contributed by atoms with Gasteiger partial charge in [0.2, 0.25) is 0 Å². The molecule has 1 aliphatic heterocycles. The van der Waals surface area contributed by atoms with Crippen molar-refractivity contribution in [2.24, 2.45) is 0 Å². The normalized spacial score (nSPS) is 14.8. The zero-order valence-electron chi connectivity index (χ0n) is 14.7. The molecule has 0 atom stereocenters. The molecule has 29 heavy (non-hydrogen) atoms. The lowest BCUT2D eigenvalue weighted by atomic mass is 9.91. The van der Waals surface area contributed by atoms with E-state index in [9.17, 15) is 36.2 Å². The van der Waals surface area contributed by atoms with E-state index in [0.29, 0.717) is 30.7 Å². The summed E-state index contributed by atoms with van der Waals surface area (Å²) in [6.07, 6.45) is -11.3. The first-order chi connectivity index (χ1) is 13.3. The molecule has 2 N–H and O–H groups in total. The Morgan fingerprint density at radius 1 is 0.966 bits per heavy atom. The number of anilines is 1. The van der Waals surface area contributed by atoms with Gasteiger partial charge in [-0.2, -0.15) is 26.3 Å². The van der Waals surface area contributed by atoms with Crippen LogP contribution in [0.5, 0.6) is 0 Å². The van der Waals surface area contributed by atoms with Crippen molar-refractivity contribution in [3.05, 3.63) is 64.7 Å². The predicted molar refractivity (Wildman–Crippen MR) is 90.6 cm³/mol. The fourth-order valence-corrected chi connectivity index (χ4v) is 3.33. The summed E-state index contributed by atoms with van der Waals surface area (Å²) in [5.74, 6) is -1.07. The van der Waals surface area contributed by atoms with E-state index in [1.165, 1.54) is 12.1 Å². The van der Waals surface area contributed by atoms with Crippen molar-refractivity contribution in [1.29, 1.82) is 0 Å². The van der Waals surface area contributed by atoms with Crippen molar-refractivity contribution >= 4 is 11.7 Å². The number of carboxylic acids is 1. The summed E-state index contributed by atoms with van der Waals surface area (Å²) < 4.78 is 77.7. The van der Waals surface area contributed by atoms with Crippen LogP contribution in [0.2, 0.25) is 0 Å². The van der Waals surface area contributed by atoms with Gasteiger partial charge in [-0.1, -0.05) is 24.3 Å². The van der Waals surface area contributed by atoms with Gasteiger partial charge >= 0.3 is 18.3 Å². The number of carboxylic acid groups (broad SMARTS) is 1. The van der Waals surface area contributed by atoms with Crippen LogP contribution in [0.3, 0.4) is 0 Å². The van der Waals surface area contributed by atoms with Gasteiger partial charge in [0.15, 0.2) is 0 Å². The first-order valence-corrected chi connectivity index (χ1v) is 8.41. The lowest BCUT2D eigenvalue weighted by Crippen LogP contribution is -2.53. The Hall–Kier alpha value is -2.75. The number of benzene rings is 2. The number of hydrogen-bond donors (Lipinski definition) is 2. The molecular weight excluding hydrogens is 404 g/mol. The molecule has 2 aromatic rings. The van der Waals surface area contributed by atoms with Gasteiger partial charge in [0, 0.05) is 24.3 Å². The van der Waals surface area contributed by atoms with Crippen LogP contribution < -0.4 is 4.90 Å². The van der Waals surface area contributed by atoms with Gasteiger partial charge < -0.3 is 15.1 Å². The Labute approximate surface area is 161 Å². The monoisotopic (exact) mass is 419 g/mol. The summed E-state index contributed by atoms with van der Waals surface area (Å²) in [5.41, 5.74) is -4.14. The second-order valence-electron chi connectivity index (χ2n) is 6.72. The molecule has 0 saturated heterocycles. The highest BCUT2D eigenvalue weighted by Crippen LogP contribution is 2.50. The van der Waals surface area contributed by atoms with Gasteiger partial charge in [0.25, 0.3) is 5.60 Å². The number of alkyl halides is 6. The molecule has 0 aromatic heterocycles. The van der Waals surface area contributed by atoms with Crippen molar-refractivity contribution in [3.63, 3.8) is 0 Å². The molecule has 3 rings (SSSR count). The summed E-state index contributed by atoms with van der Waals surface area (Å²) in [6.45, 7) is 0.728. The maximum Gasteiger partial charge on any atom is 0.430 e. The Balaban J connectivity index is 1.83. The van der Waals surface area contributed by atoms with Gasteiger partial charge in [-0.25, -0.2) is 4.79 Å². The van der Waals surface area contributed by atoms with Crippen LogP contribution in [-0.4, -0.2) is 35.1 Å². The molecule has 0 radical (unpaired) electrons. The average Bonchev–Trinajstić information content (AvgIpc) is 3.02. The van der Waals surface area contributed by atoms with Crippen LogP contribution >= 0.6 is 0 Å². The average molecular weight is 419 g/mol. The fourth-order valence-electron chi connectivity index (χ4n) is 3.33. The molecule has 1 aliphatic rings. The van der Waals surface area contributed by atoms with E-state index in [1.54, 1.807) is 6.07 Å². The van der Waals surface area contributed by atoms with Crippen molar-refractivity contribution in [1.82, 2.24) is 0 Å². The third-order valence-corrected chi connectivity index (χ3v) is 4.88. The maximum atomic E-state index is 12.9. The molecule has 10 heteroatoms. The molecule has 0 spiro atoms. The molecule has 0 unspecified atom stereocenters. The number of rotatable bonds is 4. The van der Waals surface area contributed by atoms with Gasteiger partial charge in [0.1, 0.15) is 0 Å². The number of hydrogen-bond acceptors (Lipinski definition) is 3. The molecule has 1 heterocycles. The quantitative estimate of drug-likeness (QED) is 0.728. The lowest BCUT2D eigenvalue weighted by Gasteiger charge is -2.32. The molecule has 4 nitrogen and oxygen atoms in total. The molecule has 0 fully saturated rings. The van der Waals surface area contributed by atoms with Crippen LogP contribution in [0.1, 0.15) is 27.0 Å². The Morgan fingerprint density at radius 3 is 2.07 bits per heavy atom. The third-order valence-electron chi connectivity index (χ3n) is 4.88. The predicted octanol–water partition coefficient (Wildman–Crippen LogP) is 4.26. The summed E-state index contributed by atoms with van der Waals surface area (Å²) >= 11 is 0. The van der Waals surface area contributed by atoms with Gasteiger partial charge in [-0.05, 0) is 35.7 Å². The highest BCUT2D eigenvalue weighted by Gasteiger charge is 2.71. The number of nitrogens with zero attached hydrogens (tertiary/aromatic N) is 1. The largest absolute Gasteiger partial charge is 0.478 e. The number of halogens is 6. The fraction of sp³-hybridized carbons (Fsp3) is 0.316. The first-order valence-electron chi connectivity index (χ1n) is 8.41. The van der Waals surface area contributed by atoms with Crippen molar-refractivity contribution in [2.45, 2.75) is 30.9 Å². The van der Waals surface area contributed by atoms with Crippen molar-refractivity contribution in [2.75, 3.05) is 11.4 Å². The van der Waals surface area contributed by atoms with Crippen LogP contribution in [-0.2, 0) is 18.6 Å². The lowest BCUT2D eigenvalue weighted by molar-refractivity contribution is -0.376. The third kappa shape index (κ3) is 3.64. The Morgan fingerprint density at radius 2 is 1.55 bits per heavy atom. The highest BCUT2D eigenvalue weighted by atomic mass is 19.4. The van der Waals surface area contributed by atoms with E-state index in [2.05, 4.69) is 0 Å². The van der Waals surface area contributed by atoms with Gasteiger partial charge in [0.05, 0.1) is 5.56 Å². The van der Waals surface area contributed by atoms with E-state index in [1.807, 2.05) is 4.90 Å². The van der Waals surface area contributed by atoms with E-state index >= 15 is 0 Å². The minimum atomic E-state index is -5.93. The Kier molecular flexibility index (Phi) is 5.02. The smallest absolute Gasteiger partial charge is 0.430 e. The first kappa shape index (κ1) is 21.0. The SMILES string of the molecule is O=C(O)c1ccc2c(c1)CCN2Cc1ccc(C(O)(C(F)(F)F)C(F)(F)F)cc1. The van der Waals surface area contributed by atoms with E-state index in [0.717, 1.165) is 23.4 Å². The molecule has 0 amide bonds. The summed E-state index contributed by atoms with van der Waals surface area (Å²) in [5, 5.41) is 18.5. The molecule has 0 bridgehead atoms. The molecular formula is C19H15F6NO3. The zero-order chi connectivity index (χ0) is 21.6. The number of fused-ring (bicyclic) bond motifs is 1. The minimum absolute atomic E-state index is 0.133. The number of aliphatic hydroxyl groups is 1. The zero-order valence-corrected chi connectivity index (χ0v) is 14.7. The second kappa shape index (κ2) is 6.94. The van der Waals surface area contributed by atoms with E-state index in [-0.39, 0.29) is 12.1 Å². The van der Waals surface area contributed by atoms with Gasteiger partial charge in [-0.3, -0.25) is 0 Å². The van der Waals surface area contributed by atoms with Crippen molar-refractivity contribution in [3.8, 4) is 0 Å². The maximum absolute atomic E-state index is 12.9. The van der Waals surface area contributed by atoms with Crippen LogP contribution in [0.25, 0.3) is 0 Å². The van der Waals surface area contributed by atoms with Crippen LogP contribution in [0, 0.1) is 0 Å². The standard InChI is InChI=1S/C19H15F6NO3/c20-18(21,22)17(29,19(23,24)25)14-4-1-11(2-5-14)10-26-8-7-12-9-13(16(27)28)3-6-15(12)26/h1-6,9,29H,7-8,10H2,(H,27,28). The molecule has 2 aromatic carbocycles. The number of aromatic carboxylic acids is 1. The topological polar surface area (TPSA) is 60.8 Å². The van der Waals surface area contributed by atoms with E-state index in [4.69, 9.17) is 5.11 Å². The molecule has 0 saturated carbocycles. The van der Waals surface area contributed by atoms with Gasteiger partial charge in [-0.15, -0.1) is 0 Å². The number of carbonyl (C=O) groups is 1. The summed E-state index contributed by atoms with van der Waals surface area (Å²) in [6, 6.07) is 8.00. The van der Waals surface area contributed by atoms with Crippen LogP contribution in [0.15, 0.2) is 42.5 Å². The Bertz CT molecular complexity index is 907. The molecule has 0 aliphatic carbocycles. The summed E-state index contributed by atoms with van der Waals surface area (Å²) in [4.78, 5) is 12.9. The minimum Gasteiger partial charge on any atom is -0.478 e. The highest BCUT2D eigenvalue weighted by molar-refractivity contribution is 5.88. The van der Waals surface area contributed by atoms with Crippen LogP contribution in [0.4, 0.5) is 32.0 Å². The van der Waals surface area contributed by atoms with Crippen molar-refractivity contribution < 1.29 is 41.4 Å². The van der Waals surface area contributed by atoms with E-state index < -0.39 is 29.5 Å². The second-order valence-corrected chi connectivity index (χ2v) is 6.72.